The third-order valence-electron chi connectivity index (χ3n) is 3.35. The summed E-state index contributed by atoms with van der Waals surface area (Å²) in [6.07, 6.45) is 3.96. The molecule has 0 saturated carbocycles. The Bertz CT molecular complexity index is 435. The number of ether oxygens (including phenoxy) is 1. The van der Waals surface area contributed by atoms with Crippen LogP contribution in [-0.4, -0.2) is 24.6 Å². The number of nitrogens with one attached hydrogen (secondary N) is 1. The molecule has 0 amide bonds. The van der Waals surface area contributed by atoms with Gasteiger partial charge in [-0.1, -0.05) is 13.8 Å². The molecule has 0 radical (unpaired) electrons. The summed E-state index contributed by atoms with van der Waals surface area (Å²) in [7, 11) is 1.53. The number of non-ortho nitro benzene ring substituents is 1. The van der Waals surface area contributed by atoms with E-state index in [2.05, 4.69) is 19.2 Å². The molecule has 0 fully saturated rings. The molecule has 20 heavy (non-hydrogen) atoms. The molecule has 5 nitrogen and oxygen atoms in total. The van der Waals surface area contributed by atoms with Gasteiger partial charge in [0, 0.05) is 12.1 Å². The van der Waals surface area contributed by atoms with Gasteiger partial charge in [-0.25, -0.2) is 0 Å². The van der Waals surface area contributed by atoms with E-state index in [0.29, 0.717) is 11.8 Å². The second-order valence-corrected chi connectivity index (χ2v) is 4.89. The maximum atomic E-state index is 10.9. The van der Waals surface area contributed by atoms with Gasteiger partial charge >= 0.3 is 0 Å². The summed E-state index contributed by atoms with van der Waals surface area (Å²) in [5, 5.41) is 14.4. The van der Waals surface area contributed by atoms with Crippen LogP contribution in [0.4, 0.5) is 5.69 Å². The quantitative estimate of drug-likeness (QED) is 0.556. The van der Waals surface area contributed by atoms with Gasteiger partial charge in [0.25, 0.3) is 5.69 Å². The number of nitro groups is 1. The van der Waals surface area contributed by atoms with Crippen molar-refractivity contribution in [2.45, 2.75) is 45.6 Å². The Hall–Kier alpha value is -1.62. The normalized spacial score (nSPS) is 12.2. The first-order valence-corrected chi connectivity index (χ1v) is 7.16. The van der Waals surface area contributed by atoms with Crippen LogP contribution in [0.15, 0.2) is 18.2 Å². The number of nitrogens with zero attached hydrogens (tertiary/aromatic N) is 1. The Morgan fingerprint density at radius 2 is 2.10 bits per heavy atom. The van der Waals surface area contributed by atoms with E-state index in [0.717, 1.165) is 37.8 Å². The van der Waals surface area contributed by atoms with Crippen molar-refractivity contribution in [2.75, 3.05) is 13.7 Å². The van der Waals surface area contributed by atoms with Crippen molar-refractivity contribution < 1.29 is 9.66 Å². The van der Waals surface area contributed by atoms with Crippen LogP contribution in [0.3, 0.4) is 0 Å². The van der Waals surface area contributed by atoms with Crippen molar-refractivity contribution in [1.29, 1.82) is 0 Å². The van der Waals surface area contributed by atoms with Gasteiger partial charge in [-0.3, -0.25) is 10.1 Å². The number of hydrogen-bond acceptors (Lipinski definition) is 4. The standard InChI is InChI=1S/C15H24N2O3/c1-4-8-16-13(5-2)7-6-12-9-14(17(18)19)11-15(10-12)20-3/h9-11,13,16H,4-8H2,1-3H3. The summed E-state index contributed by atoms with van der Waals surface area (Å²) < 4.78 is 5.12. The molecular formula is C15H24N2O3. The average Bonchev–Trinajstić information content (AvgIpc) is 2.47. The van der Waals surface area contributed by atoms with Crippen molar-refractivity contribution in [3.8, 4) is 5.75 Å². The van der Waals surface area contributed by atoms with E-state index >= 15 is 0 Å². The fraction of sp³-hybridized carbons (Fsp3) is 0.600. The first kappa shape index (κ1) is 16.4. The molecule has 0 aliphatic heterocycles. The number of aryl methyl sites for hydroxylation is 1. The van der Waals surface area contributed by atoms with Crippen LogP contribution < -0.4 is 10.1 Å². The molecule has 1 atom stereocenters. The second-order valence-electron chi connectivity index (χ2n) is 4.89. The lowest BCUT2D eigenvalue weighted by molar-refractivity contribution is -0.385. The van der Waals surface area contributed by atoms with Crippen LogP contribution in [0.25, 0.3) is 0 Å². The molecule has 0 bridgehead atoms. The number of benzene rings is 1. The van der Waals surface area contributed by atoms with Gasteiger partial charge in [-0.15, -0.1) is 0 Å². The number of methoxy groups -OCH3 is 1. The maximum absolute atomic E-state index is 10.9. The van der Waals surface area contributed by atoms with Crippen LogP contribution in [0.5, 0.6) is 5.75 Å². The van der Waals surface area contributed by atoms with Crippen molar-refractivity contribution in [3.63, 3.8) is 0 Å². The van der Waals surface area contributed by atoms with Crippen molar-refractivity contribution >= 4 is 5.69 Å². The third kappa shape index (κ3) is 5.17. The molecular weight excluding hydrogens is 256 g/mol. The molecule has 0 spiro atoms. The minimum atomic E-state index is -0.376. The number of rotatable bonds is 9. The lowest BCUT2D eigenvalue weighted by atomic mass is 10.0. The summed E-state index contributed by atoms with van der Waals surface area (Å²) in [4.78, 5) is 10.5. The van der Waals surface area contributed by atoms with Gasteiger partial charge in [0.2, 0.25) is 0 Å². The van der Waals surface area contributed by atoms with E-state index in [9.17, 15) is 10.1 Å². The van der Waals surface area contributed by atoms with Crippen molar-refractivity contribution in [3.05, 3.63) is 33.9 Å². The van der Waals surface area contributed by atoms with E-state index in [1.807, 2.05) is 6.07 Å². The summed E-state index contributed by atoms with van der Waals surface area (Å²) in [5.41, 5.74) is 1.04. The zero-order valence-corrected chi connectivity index (χ0v) is 12.5. The Kier molecular flexibility index (Phi) is 7.01. The van der Waals surface area contributed by atoms with Gasteiger partial charge < -0.3 is 10.1 Å². The minimum absolute atomic E-state index is 0.0916. The van der Waals surface area contributed by atoms with E-state index in [1.165, 1.54) is 13.2 Å². The molecule has 5 heteroatoms. The molecule has 1 aromatic carbocycles. The lowest BCUT2D eigenvalue weighted by Gasteiger charge is -2.16. The highest BCUT2D eigenvalue weighted by atomic mass is 16.6. The smallest absolute Gasteiger partial charge is 0.273 e. The Morgan fingerprint density at radius 3 is 2.65 bits per heavy atom. The molecule has 0 aliphatic rings. The van der Waals surface area contributed by atoms with E-state index < -0.39 is 0 Å². The predicted molar refractivity (Wildman–Crippen MR) is 80.3 cm³/mol. The largest absolute Gasteiger partial charge is 0.496 e. The minimum Gasteiger partial charge on any atom is -0.496 e. The fourth-order valence-electron chi connectivity index (χ4n) is 2.15. The first-order valence-electron chi connectivity index (χ1n) is 7.16. The highest BCUT2D eigenvalue weighted by molar-refractivity contribution is 5.42. The van der Waals surface area contributed by atoms with E-state index in [-0.39, 0.29) is 10.6 Å². The van der Waals surface area contributed by atoms with Crippen LogP contribution in [0.2, 0.25) is 0 Å². The van der Waals surface area contributed by atoms with Gasteiger partial charge in [0.05, 0.1) is 18.1 Å². The Morgan fingerprint density at radius 1 is 1.35 bits per heavy atom. The van der Waals surface area contributed by atoms with Gasteiger partial charge in [0.1, 0.15) is 5.75 Å². The molecule has 1 unspecified atom stereocenters. The first-order chi connectivity index (χ1) is 9.60. The number of nitro benzene ring substituents is 1. The molecule has 0 aromatic heterocycles. The summed E-state index contributed by atoms with van der Waals surface area (Å²) >= 11 is 0. The highest BCUT2D eigenvalue weighted by Crippen LogP contribution is 2.23. The zero-order chi connectivity index (χ0) is 15.0. The molecule has 0 heterocycles. The van der Waals surface area contributed by atoms with Crippen LogP contribution in [-0.2, 0) is 6.42 Å². The zero-order valence-electron chi connectivity index (χ0n) is 12.5. The SMILES string of the molecule is CCCNC(CC)CCc1cc(OC)cc([N+](=O)[O-])c1. The molecule has 1 rings (SSSR count). The molecule has 1 aromatic rings. The summed E-state index contributed by atoms with van der Waals surface area (Å²) in [5.74, 6) is 0.545. The van der Waals surface area contributed by atoms with Crippen LogP contribution in [0.1, 0.15) is 38.7 Å². The molecule has 112 valence electrons. The lowest BCUT2D eigenvalue weighted by Crippen LogP contribution is -2.29. The van der Waals surface area contributed by atoms with Gasteiger partial charge in [0.15, 0.2) is 0 Å². The maximum Gasteiger partial charge on any atom is 0.273 e. The summed E-state index contributed by atoms with van der Waals surface area (Å²) in [6.45, 7) is 5.31. The van der Waals surface area contributed by atoms with Crippen LogP contribution in [0, 0.1) is 10.1 Å². The molecule has 1 N–H and O–H groups in total. The Balaban J connectivity index is 2.70. The topological polar surface area (TPSA) is 64.4 Å². The van der Waals surface area contributed by atoms with Crippen molar-refractivity contribution in [2.24, 2.45) is 0 Å². The fourth-order valence-corrected chi connectivity index (χ4v) is 2.15. The molecule has 0 aliphatic carbocycles. The van der Waals surface area contributed by atoms with E-state index in [1.54, 1.807) is 6.07 Å². The van der Waals surface area contributed by atoms with Gasteiger partial charge in [-0.2, -0.15) is 0 Å². The predicted octanol–water partition coefficient (Wildman–Crippen LogP) is 3.31. The summed E-state index contributed by atoms with van der Waals surface area (Å²) in [6, 6.07) is 5.42. The highest BCUT2D eigenvalue weighted by Gasteiger charge is 2.12. The number of hydrogen-bond donors (Lipinski definition) is 1. The van der Waals surface area contributed by atoms with E-state index in [4.69, 9.17) is 4.74 Å². The van der Waals surface area contributed by atoms with Crippen molar-refractivity contribution in [1.82, 2.24) is 5.32 Å². The molecule has 0 saturated heterocycles. The average molecular weight is 280 g/mol. The second kappa shape index (κ2) is 8.53. The monoisotopic (exact) mass is 280 g/mol. The Labute approximate surface area is 120 Å². The third-order valence-corrected chi connectivity index (χ3v) is 3.35. The van der Waals surface area contributed by atoms with Gasteiger partial charge in [-0.05, 0) is 43.9 Å². The van der Waals surface area contributed by atoms with Crippen LogP contribution >= 0.6 is 0 Å².